The van der Waals surface area contributed by atoms with Gasteiger partial charge in [-0.05, 0) is 6.92 Å². The lowest BCUT2D eigenvalue weighted by Gasteiger charge is -1.98. The van der Waals surface area contributed by atoms with E-state index in [1.165, 1.54) is 29.6 Å². The molecule has 0 atom stereocenters. The Balaban J connectivity index is 1.96. The molecule has 19 heavy (non-hydrogen) atoms. The van der Waals surface area contributed by atoms with E-state index >= 15 is 0 Å². The Kier molecular flexibility index (Phi) is 4.80. The van der Waals surface area contributed by atoms with E-state index in [9.17, 15) is 4.79 Å². The van der Waals surface area contributed by atoms with Crippen molar-refractivity contribution in [2.24, 2.45) is 0 Å². The first-order valence-corrected chi connectivity index (χ1v) is 7.41. The van der Waals surface area contributed by atoms with E-state index in [1.807, 2.05) is 0 Å². The molecule has 2 rings (SSSR count). The van der Waals surface area contributed by atoms with Gasteiger partial charge in [-0.3, -0.25) is 4.79 Å². The number of H-pyrrole nitrogens is 1. The Hall–Kier alpha value is -1.54. The van der Waals surface area contributed by atoms with Crippen molar-refractivity contribution in [3.8, 4) is 0 Å². The molecule has 0 aliphatic heterocycles. The zero-order valence-electron chi connectivity index (χ0n) is 10.3. The fourth-order valence-electron chi connectivity index (χ4n) is 1.24. The molecule has 0 saturated carbocycles. The monoisotopic (exact) mass is 296 g/mol. The average molecular weight is 296 g/mol. The molecule has 100 valence electrons. The summed E-state index contributed by atoms with van der Waals surface area (Å²) in [4.78, 5) is 18.1. The van der Waals surface area contributed by atoms with Crippen LogP contribution in [0.4, 0.5) is 0 Å². The second-order valence-corrected chi connectivity index (χ2v) is 5.48. The fraction of sp³-hybridized carbons (Fsp3) is 0.273. The third kappa shape index (κ3) is 4.25. The number of nitrogens with one attached hydrogen (secondary N) is 1. The molecule has 0 aromatic carbocycles. The molecule has 0 aliphatic rings. The van der Waals surface area contributed by atoms with E-state index in [0.717, 1.165) is 5.75 Å². The molecule has 2 aromatic heterocycles. The lowest BCUT2D eigenvalue weighted by atomic mass is 10.5. The highest BCUT2D eigenvalue weighted by molar-refractivity contribution is 7.99. The van der Waals surface area contributed by atoms with Crippen LogP contribution in [-0.4, -0.2) is 25.9 Å². The van der Waals surface area contributed by atoms with E-state index in [2.05, 4.69) is 26.7 Å². The molecule has 0 saturated heterocycles. The second-order valence-electron chi connectivity index (χ2n) is 3.54. The van der Waals surface area contributed by atoms with Crippen molar-refractivity contribution >= 4 is 23.5 Å². The summed E-state index contributed by atoms with van der Waals surface area (Å²) in [6.45, 7) is 5.39. The van der Waals surface area contributed by atoms with Crippen LogP contribution in [0, 0.1) is 6.92 Å². The maximum absolute atomic E-state index is 11.3. The van der Waals surface area contributed by atoms with Crippen molar-refractivity contribution < 1.29 is 4.42 Å². The number of aryl methyl sites for hydroxylation is 1. The van der Waals surface area contributed by atoms with Crippen LogP contribution < -0.4 is 5.56 Å². The van der Waals surface area contributed by atoms with Crippen molar-refractivity contribution in [3.63, 3.8) is 0 Å². The maximum atomic E-state index is 11.3. The van der Waals surface area contributed by atoms with Crippen LogP contribution in [0.15, 0.2) is 38.3 Å². The van der Waals surface area contributed by atoms with Crippen LogP contribution in [-0.2, 0) is 5.75 Å². The number of aromatic amines is 1. The predicted octanol–water partition coefficient (Wildman–Crippen LogP) is 2.03. The van der Waals surface area contributed by atoms with Crippen molar-refractivity contribution in [2.75, 3.05) is 5.75 Å². The first-order valence-electron chi connectivity index (χ1n) is 5.44. The second kappa shape index (κ2) is 6.58. The summed E-state index contributed by atoms with van der Waals surface area (Å²) < 4.78 is 5.42. The summed E-state index contributed by atoms with van der Waals surface area (Å²) in [7, 11) is 0. The molecule has 0 amide bonds. The van der Waals surface area contributed by atoms with Gasteiger partial charge in [-0.25, -0.2) is 4.98 Å². The summed E-state index contributed by atoms with van der Waals surface area (Å²) in [5, 5.41) is 8.87. The highest BCUT2D eigenvalue weighted by Gasteiger charge is 2.07. The van der Waals surface area contributed by atoms with Crippen molar-refractivity contribution in [1.82, 2.24) is 20.2 Å². The number of hydrogen-bond acceptors (Lipinski definition) is 7. The summed E-state index contributed by atoms with van der Waals surface area (Å²) in [5.74, 6) is 1.69. The Labute approximate surface area is 118 Å². The molecule has 0 bridgehead atoms. The number of hydrogen-bond donors (Lipinski definition) is 1. The van der Waals surface area contributed by atoms with Gasteiger partial charge in [-0.2, -0.15) is 0 Å². The Bertz CT molecular complexity index is 623. The highest BCUT2D eigenvalue weighted by Crippen LogP contribution is 2.21. The SMILES string of the molecule is C=CCSc1nnc(CSc2nc(C)cc(=O)[nH]2)o1. The summed E-state index contributed by atoms with van der Waals surface area (Å²) in [6, 6.07) is 1.45. The van der Waals surface area contributed by atoms with Gasteiger partial charge < -0.3 is 9.40 Å². The van der Waals surface area contributed by atoms with Gasteiger partial charge in [0.25, 0.3) is 10.8 Å². The van der Waals surface area contributed by atoms with Gasteiger partial charge in [-0.15, -0.1) is 16.8 Å². The molecule has 0 aliphatic carbocycles. The fourth-order valence-corrected chi connectivity index (χ4v) is 2.51. The van der Waals surface area contributed by atoms with Crippen LogP contribution in [0.25, 0.3) is 0 Å². The molecular formula is C11H12N4O2S2. The smallest absolute Gasteiger partial charge is 0.276 e. The minimum Gasteiger partial charge on any atom is -0.415 e. The number of rotatable bonds is 6. The zero-order valence-corrected chi connectivity index (χ0v) is 11.9. The first-order chi connectivity index (χ1) is 9.17. The third-order valence-corrected chi connectivity index (χ3v) is 3.63. The average Bonchev–Trinajstić information content (AvgIpc) is 2.81. The van der Waals surface area contributed by atoms with Crippen LogP contribution >= 0.6 is 23.5 Å². The number of nitrogens with zero attached hydrogens (tertiary/aromatic N) is 3. The minimum absolute atomic E-state index is 0.164. The van der Waals surface area contributed by atoms with Gasteiger partial charge in [0.1, 0.15) is 0 Å². The quantitative estimate of drug-likeness (QED) is 0.496. The van der Waals surface area contributed by atoms with E-state index < -0.39 is 0 Å². The lowest BCUT2D eigenvalue weighted by Crippen LogP contribution is -2.08. The maximum Gasteiger partial charge on any atom is 0.276 e. The van der Waals surface area contributed by atoms with Gasteiger partial charge >= 0.3 is 0 Å². The molecule has 0 unspecified atom stereocenters. The topological polar surface area (TPSA) is 84.7 Å². The Morgan fingerprint density at radius 2 is 2.32 bits per heavy atom. The number of thioether (sulfide) groups is 2. The standard InChI is InChI=1S/C11H12N4O2S2/c1-3-4-18-11-15-14-9(17-11)6-19-10-12-7(2)5-8(16)13-10/h3,5H,1,4,6H2,2H3,(H,12,13,16). The van der Waals surface area contributed by atoms with Crippen molar-refractivity contribution in [3.05, 3.63) is 40.7 Å². The van der Waals surface area contributed by atoms with E-state index in [0.29, 0.717) is 27.7 Å². The van der Waals surface area contributed by atoms with Gasteiger partial charge in [0.15, 0.2) is 5.16 Å². The minimum atomic E-state index is -0.164. The van der Waals surface area contributed by atoms with Crippen LogP contribution in [0.5, 0.6) is 0 Å². The van der Waals surface area contributed by atoms with Crippen LogP contribution in [0.1, 0.15) is 11.6 Å². The third-order valence-electron chi connectivity index (χ3n) is 1.95. The molecule has 0 fully saturated rings. The van der Waals surface area contributed by atoms with Crippen LogP contribution in [0.2, 0.25) is 0 Å². The molecule has 2 heterocycles. The largest absolute Gasteiger partial charge is 0.415 e. The normalized spacial score (nSPS) is 10.6. The van der Waals surface area contributed by atoms with Gasteiger partial charge in [0.05, 0.1) is 5.75 Å². The molecule has 0 radical (unpaired) electrons. The highest BCUT2D eigenvalue weighted by atomic mass is 32.2. The predicted molar refractivity (Wildman–Crippen MR) is 74.4 cm³/mol. The molecule has 8 heteroatoms. The van der Waals surface area contributed by atoms with Crippen LogP contribution in [0.3, 0.4) is 0 Å². The van der Waals surface area contributed by atoms with E-state index in [4.69, 9.17) is 4.42 Å². The summed E-state index contributed by atoms with van der Waals surface area (Å²) >= 11 is 2.77. The molecule has 2 aromatic rings. The van der Waals surface area contributed by atoms with Gasteiger partial charge in [-0.1, -0.05) is 29.6 Å². The molecule has 6 nitrogen and oxygen atoms in total. The number of aromatic nitrogens is 4. The van der Waals surface area contributed by atoms with Gasteiger partial charge in [0.2, 0.25) is 5.89 Å². The summed E-state index contributed by atoms with van der Waals surface area (Å²) in [6.07, 6.45) is 1.77. The van der Waals surface area contributed by atoms with Gasteiger partial charge in [0, 0.05) is 17.5 Å². The Morgan fingerprint density at radius 1 is 1.47 bits per heavy atom. The molecule has 1 N–H and O–H groups in total. The lowest BCUT2D eigenvalue weighted by molar-refractivity contribution is 0.427. The van der Waals surface area contributed by atoms with E-state index in [1.54, 1.807) is 13.0 Å². The zero-order chi connectivity index (χ0) is 13.7. The molecular weight excluding hydrogens is 284 g/mol. The first kappa shape index (κ1) is 13.9. The van der Waals surface area contributed by atoms with E-state index in [-0.39, 0.29) is 5.56 Å². The van der Waals surface area contributed by atoms with Crippen molar-refractivity contribution in [1.29, 1.82) is 0 Å². The Morgan fingerprint density at radius 3 is 3.05 bits per heavy atom. The van der Waals surface area contributed by atoms with Crippen molar-refractivity contribution in [2.45, 2.75) is 23.1 Å². The summed E-state index contributed by atoms with van der Waals surface area (Å²) in [5.41, 5.74) is 0.516. The molecule has 0 spiro atoms.